The van der Waals surface area contributed by atoms with Crippen LogP contribution in [0.3, 0.4) is 0 Å². The first-order valence-corrected chi connectivity index (χ1v) is 5.16. The predicted molar refractivity (Wildman–Crippen MR) is 61.5 cm³/mol. The summed E-state index contributed by atoms with van der Waals surface area (Å²) in [6.45, 7) is 2.43. The highest BCUT2D eigenvalue weighted by molar-refractivity contribution is 6.00. The Morgan fingerprint density at radius 2 is 2.31 bits per heavy atom. The van der Waals surface area contributed by atoms with Crippen molar-refractivity contribution in [2.24, 2.45) is 0 Å². The maximum Gasteiger partial charge on any atom is 0.319 e. The van der Waals surface area contributed by atoms with Crippen molar-refractivity contribution in [2.75, 3.05) is 17.2 Å². The Balaban J connectivity index is 2.10. The van der Waals surface area contributed by atoms with Crippen molar-refractivity contribution < 1.29 is 9.59 Å². The van der Waals surface area contributed by atoms with Gasteiger partial charge in [0.25, 0.3) is 0 Å². The smallest absolute Gasteiger partial charge is 0.319 e. The Morgan fingerprint density at radius 3 is 3.06 bits per heavy atom. The van der Waals surface area contributed by atoms with Crippen molar-refractivity contribution in [3.63, 3.8) is 0 Å². The molecule has 2 rings (SSSR count). The molecule has 1 aliphatic rings. The number of fused-ring (bicyclic) bond motifs is 1. The average Bonchev–Trinajstić information content (AvgIpc) is 2.57. The number of hydrogen-bond donors (Lipinski definition) is 3. The second-order valence-corrected chi connectivity index (χ2v) is 3.58. The van der Waals surface area contributed by atoms with E-state index in [0.717, 1.165) is 11.3 Å². The molecule has 3 N–H and O–H groups in total. The highest BCUT2D eigenvalue weighted by Gasteiger charge is 2.17. The lowest BCUT2D eigenvalue weighted by Crippen LogP contribution is -2.28. The van der Waals surface area contributed by atoms with Crippen molar-refractivity contribution >= 4 is 23.3 Å². The summed E-state index contributed by atoms with van der Waals surface area (Å²) < 4.78 is 0. The molecule has 0 aliphatic carbocycles. The fourth-order valence-electron chi connectivity index (χ4n) is 1.64. The second-order valence-electron chi connectivity index (χ2n) is 3.58. The van der Waals surface area contributed by atoms with E-state index in [9.17, 15) is 9.59 Å². The normalized spacial score (nSPS) is 12.9. The van der Waals surface area contributed by atoms with Crippen LogP contribution >= 0.6 is 0 Å². The van der Waals surface area contributed by atoms with Gasteiger partial charge in [-0.05, 0) is 30.7 Å². The number of rotatable bonds is 2. The zero-order chi connectivity index (χ0) is 11.5. The lowest BCUT2D eigenvalue weighted by molar-refractivity contribution is -0.115. The van der Waals surface area contributed by atoms with Gasteiger partial charge in [-0.15, -0.1) is 0 Å². The van der Waals surface area contributed by atoms with Gasteiger partial charge in [0.2, 0.25) is 5.91 Å². The Bertz CT molecular complexity index is 443. The minimum Gasteiger partial charge on any atom is -0.338 e. The molecule has 16 heavy (non-hydrogen) atoms. The van der Waals surface area contributed by atoms with Gasteiger partial charge in [0.05, 0.1) is 6.42 Å². The van der Waals surface area contributed by atoms with Gasteiger partial charge in [0, 0.05) is 17.9 Å². The highest BCUT2D eigenvalue weighted by atomic mass is 16.2. The summed E-state index contributed by atoms with van der Waals surface area (Å²) in [7, 11) is 0. The summed E-state index contributed by atoms with van der Waals surface area (Å²) >= 11 is 0. The summed E-state index contributed by atoms with van der Waals surface area (Å²) in [5.74, 6) is -0.00911. The Kier molecular flexibility index (Phi) is 2.76. The number of amides is 3. The Labute approximate surface area is 93.2 Å². The number of carbonyl (C=O) groups excluding carboxylic acids is 2. The molecule has 0 spiro atoms. The van der Waals surface area contributed by atoms with E-state index in [1.165, 1.54) is 0 Å². The molecule has 1 aromatic carbocycles. The van der Waals surface area contributed by atoms with Crippen LogP contribution in [0.15, 0.2) is 18.2 Å². The fraction of sp³-hybridized carbons (Fsp3) is 0.273. The number of anilines is 2. The van der Waals surface area contributed by atoms with E-state index in [4.69, 9.17) is 0 Å². The lowest BCUT2D eigenvalue weighted by atomic mass is 10.1. The largest absolute Gasteiger partial charge is 0.338 e. The molecule has 1 aromatic rings. The zero-order valence-electron chi connectivity index (χ0n) is 8.96. The number of urea groups is 1. The molecule has 3 amide bonds. The maximum absolute atomic E-state index is 11.3. The van der Waals surface area contributed by atoms with Crippen LogP contribution in [-0.4, -0.2) is 18.5 Å². The Morgan fingerprint density at radius 1 is 1.50 bits per heavy atom. The van der Waals surface area contributed by atoms with Crippen LogP contribution in [0.2, 0.25) is 0 Å². The topological polar surface area (TPSA) is 70.2 Å². The molecule has 0 atom stereocenters. The van der Waals surface area contributed by atoms with E-state index in [1.807, 2.05) is 13.0 Å². The van der Waals surface area contributed by atoms with E-state index in [-0.39, 0.29) is 11.9 Å². The summed E-state index contributed by atoms with van der Waals surface area (Å²) in [5.41, 5.74) is 2.44. The number of hydrogen-bond acceptors (Lipinski definition) is 2. The first-order chi connectivity index (χ1) is 7.69. The van der Waals surface area contributed by atoms with Crippen LogP contribution in [0.1, 0.15) is 12.5 Å². The maximum atomic E-state index is 11.3. The molecule has 0 aromatic heterocycles. The molecular weight excluding hydrogens is 206 g/mol. The van der Waals surface area contributed by atoms with Crippen molar-refractivity contribution in [2.45, 2.75) is 13.3 Å². The molecular formula is C11H13N3O2. The third-order valence-corrected chi connectivity index (χ3v) is 2.33. The van der Waals surface area contributed by atoms with Crippen molar-refractivity contribution in [3.05, 3.63) is 23.8 Å². The van der Waals surface area contributed by atoms with Gasteiger partial charge in [0.1, 0.15) is 0 Å². The standard InChI is InChI=1S/C11H13N3O2/c1-2-12-11(16)13-8-3-4-9-7(5-8)6-10(15)14-9/h3-5H,2,6H2,1H3,(H,14,15)(H2,12,13,16). The van der Waals surface area contributed by atoms with Crippen LogP contribution in [0.5, 0.6) is 0 Å². The first kappa shape index (κ1) is 10.5. The van der Waals surface area contributed by atoms with E-state index >= 15 is 0 Å². The van der Waals surface area contributed by atoms with Crippen molar-refractivity contribution in [1.29, 1.82) is 0 Å². The molecule has 0 fully saturated rings. The van der Waals surface area contributed by atoms with Crippen LogP contribution < -0.4 is 16.0 Å². The van der Waals surface area contributed by atoms with Gasteiger partial charge >= 0.3 is 6.03 Å². The fourth-order valence-corrected chi connectivity index (χ4v) is 1.64. The van der Waals surface area contributed by atoms with E-state index in [2.05, 4.69) is 16.0 Å². The molecule has 5 nitrogen and oxygen atoms in total. The van der Waals surface area contributed by atoms with Crippen molar-refractivity contribution in [3.8, 4) is 0 Å². The third-order valence-electron chi connectivity index (χ3n) is 2.33. The quantitative estimate of drug-likeness (QED) is 0.702. The zero-order valence-corrected chi connectivity index (χ0v) is 8.96. The summed E-state index contributed by atoms with van der Waals surface area (Å²) in [5, 5.41) is 8.07. The van der Waals surface area contributed by atoms with E-state index in [1.54, 1.807) is 12.1 Å². The molecule has 1 heterocycles. The molecule has 84 valence electrons. The molecule has 0 bridgehead atoms. The number of benzene rings is 1. The lowest BCUT2D eigenvalue weighted by Gasteiger charge is -2.07. The van der Waals surface area contributed by atoms with Crippen LogP contribution in [-0.2, 0) is 11.2 Å². The van der Waals surface area contributed by atoms with Crippen molar-refractivity contribution in [1.82, 2.24) is 5.32 Å². The van der Waals surface area contributed by atoms with Gasteiger partial charge in [-0.25, -0.2) is 4.79 Å². The molecule has 0 unspecified atom stereocenters. The van der Waals surface area contributed by atoms with Gasteiger partial charge in [-0.2, -0.15) is 0 Å². The monoisotopic (exact) mass is 219 g/mol. The molecule has 1 aliphatic heterocycles. The SMILES string of the molecule is CCNC(=O)Nc1ccc2c(c1)CC(=O)N2. The number of nitrogens with one attached hydrogen (secondary N) is 3. The minimum absolute atomic E-state index is 0.00911. The predicted octanol–water partition coefficient (Wildman–Crippen LogP) is 1.32. The summed E-state index contributed by atoms with van der Waals surface area (Å²) in [6, 6.07) is 5.13. The van der Waals surface area contributed by atoms with Crippen LogP contribution in [0.4, 0.5) is 16.2 Å². The van der Waals surface area contributed by atoms with E-state index in [0.29, 0.717) is 18.7 Å². The second kappa shape index (κ2) is 4.22. The molecule has 0 saturated heterocycles. The first-order valence-electron chi connectivity index (χ1n) is 5.16. The average molecular weight is 219 g/mol. The van der Waals surface area contributed by atoms with Gasteiger partial charge in [-0.1, -0.05) is 0 Å². The van der Waals surface area contributed by atoms with Gasteiger partial charge < -0.3 is 16.0 Å². The third kappa shape index (κ3) is 2.13. The van der Waals surface area contributed by atoms with Gasteiger partial charge in [-0.3, -0.25) is 4.79 Å². The summed E-state index contributed by atoms with van der Waals surface area (Å²) in [4.78, 5) is 22.4. The van der Waals surface area contributed by atoms with E-state index < -0.39 is 0 Å². The molecule has 0 radical (unpaired) electrons. The van der Waals surface area contributed by atoms with Crippen LogP contribution in [0.25, 0.3) is 0 Å². The summed E-state index contributed by atoms with van der Waals surface area (Å²) in [6.07, 6.45) is 0.375. The molecule has 0 saturated carbocycles. The minimum atomic E-state index is -0.236. The number of carbonyl (C=O) groups is 2. The Hall–Kier alpha value is -2.04. The molecule has 5 heteroatoms. The highest BCUT2D eigenvalue weighted by Crippen LogP contribution is 2.25. The van der Waals surface area contributed by atoms with Crippen LogP contribution in [0, 0.1) is 0 Å². The van der Waals surface area contributed by atoms with Gasteiger partial charge in [0.15, 0.2) is 0 Å².